The van der Waals surface area contributed by atoms with Crippen LogP contribution in [-0.2, 0) is 17.8 Å². The zero-order valence-electron chi connectivity index (χ0n) is 12.3. The molecule has 2 aromatic rings. The van der Waals surface area contributed by atoms with Crippen molar-refractivity contribution in [3.05, 3.63) is 53.7 Å². The van der Waals surface area contributed by atoms with Crippen molar-refractivity contribution in [3.63, 3.8) is 0 Å². The van der Waals surface area contributed by atoms with E-state index in [-0.39, 0.29) is 6.61 Å². The van der Waals surface area contributed by atoms with E-state index >= 15 is 0 Å². The van der Waals surface area contributed by atoms with Crippen LogP contribution in [0.1, 0.15) is 36.9 Å². The molecule has 1 amide bonds. The molecule has 0 unspecified atom stereocenters. The Bertz CT molecular complexity index is 564. The third kappa shape index (κ3) is 4.95. The first-order valence-corrected chi connectivity index (χ1v) is 7.04. The van der Waals surface area contributed by atoms with Gasteiger partial charge in [-0.3, -0.25) is 0 Å². The van der Waals surface area contributed by atoms with Crippen LogP contribution in [0.5, 0.6) is 0 Å². The van der Waals surface area contributed by atoms with Crippen molar-refractivity contribution in [1.29, 1.82) is 0 Å². The van der Waals surface area contributed by atoms with E-state index in [1.54, 1.807) is 6.26 Å². The molecule has 0 spiro atoms. The highest BCUT2D eigenvalue weighted by molar-refractivity contribution is 5.67. The minimum atomic E-state index is -0.436. The van der Waals surface area contributed by atoms with Crippen LogP contribution in [0.3, 0.4) is 0 Å². The number of oxazole rings is 1. The number of aromatic nitrogens is 1. The smallest absolute Gasteiger partial charge is 0.407 e. The fourth-order valence-corrected chi connectivity index (χ4v) is 1.75. The monoisotopic (exact) mass is 288 g/mol. The predicted molar refractivity (Wildman–Crippen MR) is 78.9 cm³/mol. The lowest BCUT2D eigenvalue weighted by Crippen LogP contribution is -2.26. The molecule has 0 bridgehead atoms. The lowest BCUT2D eigenvalue weighted by atomic mass is 10.2. The number of hydrogen-bond acceptors (Lipinski definition) is 4. The molecule has 1 aromatic heterocycles. The number of hydrogen-bond donors (Lipinski definition) is 1. The van der Waals surface area contributed by atoms with Crippen LogP contribution < -0.4 is 5.32 Å². The average Bonchev–Trinajstić information content (AvgIpc) is 2.95. The fraction of sp³-hybridized carbons (Fsp3) is 0.375. The zero-order valence-corrected chi connectivity index (χ0v) is 12.3. The molecule has 0 fully saturated rings. The molecule has 0 saturated carbocycles. The highest BCUT2D eigenvalue weighted by Gasteiger charge is 2.08. The maximum Gasteiger partial charge on any atom is 0.407 e. The Hall–Kier alpha value is -2.30. The van der Waals surface area contributed by atoms with Crippen LogP contribution in [0.25, 0.3) is 0 Å². The van der Waals surface area contributed by atoms with Gasteiger partial charge in [-0.25, -0.2) is 9.78 Å². The summed E-state index contributed by atoms with van der Waals surface area (Å²) in [6, 6.07) is 9.56. The molecule has 0 aliphatic carbocycles. The molecular formula is C16H20N2O3. The molecule has 112 valence electrons. The van der Waals surface area contributed by atoms with E-state index in [0.717, 1.165) is 11.3 Å². The summed E-state index contributed by atoms with van der Waals surface area (Å²) < 4.78 is 10.4. The van der Waals surface area contributed by atoms with Crippen molar-refractivity contribution < 1.29 is 13.9 Å². The maximum absolute atomic E-state index is 11.5. The van der Waals surface area contributed by atoms with Gasteiger partial charge in [0.1, 0.15) is 12.9 Å². The number of amides is 1. The Labute approximate surface area is 124 Å². The van der Waals surface area contributed by atoms with Gasteiger partial charge in [0.2, 0.25) is 0 Å². The quantitative estimate of drug-likeness (QED) is 0.886. The van der Waals surface area contributed by atoms with E-state index < -0.39 is 6.09 Å². The minimum absolute atomic E-state index is 0.267. The van der Waals surface area contributed by atoms with Crippen molar-refractivity contribution >= 4 is 6.09 Å². The van der Waals surface area contributed by atoms with Crippen LogP contribution in [0, 0.1) is 0 Å². The van der Waals surface area contributed by atoms with E-state index in [2.05, 4.69) is 24.1 Å². The van der Waals surface area contributed by atoms with E-state index in [1.807, 2.05) is 30.3 Å². The van der Waals surface area contributed by atoms with Crippen molar-refractivity contribution in [2.75, 3.05) is 6.54 Å². The largest absolute Gasteiger partial charge is 0.449 e. The molecule has 1 aromatic carbocycles. The van der Waals surface area contributed by atoms with Crippen LogP contribution in [0.15, 0.2) is 41.0 Å². The molecule has 2 rings (SSSR count). The summed E-state index contributed by atoms with van der Waals surface area (Å²) in [5, 5.41) is 2.68. The van der Waals surface area contributed by atoms with Crippen LogP contribution in [-0.4, -0.2) is 17.6 Å². The SMILES string of the molecule is CC(C)c1coc(CCNC(=O)OCc2ccccc2)n1. The van der Waals surface area contributed by atoms with Gasteiger partial charge in [0.15, 0.2) is 5.89 Å². The standard InChI is InChI=1S/C16H20N2O3/c1-12(2)14-11-20-15(18-14)8-9-17-16(19)21-10-13-6-4-3-5-7-13/h3-7,11-12H,8-10H2,1-2H3,(H,17,19). The normalized spacial score (nSPS) is 10.6. The number of carbonyl (C=O) groups is 1. The van der Waals surface area contributed by atoms with Gasteiger partial charge in [-0.15, -0.1) is 0 Å². The van der Waals surface area contributed by atoms with Gasteiger partial charge < -0.3 is 14.5 Å². The summed E-state index contributed by atoms with van der Waals surface area (Å²) in [6.07, 6.45) is 1.77. The number of nitrogens with zero attached hydrogens (tertiary/aromatic N) is 1. The lowest BCUT2D eigenvalue weighted by molar-refractivity contribution is 0.139. The van der Waals surface area contributed by atoms with Crippen molar-refractivity contribution in [2.45, 2.75) is 32.8 Å². The van der Waals surface area contributed by atoms with E-state index in [4.69, 9.17) is 9.15 Å². The number of alkyl carbamates (subject to hydrolysis) is 1. The third-order valence-electron chi connectivity index (χ3n) is 2.98. The summed E-state index contributed by atoms with van der Waals surface area (Å²) in [7, 11) is 0. The second-order valence-corrected chi connectivity index (χ2v) is 5.06. The molecule has 5 heteroatoms. The van der Waals surface area contributed by atoms with Crippen LogP contribution in [0.2, 0.25) is 0 Å². The molecule has 1 N–H and O–H groups in total. The summed E-state index contributed by atoms with van der Waals surface area (Å²) in [5.74, 6) is 0.966. The van der Waals surface area contributed by atoms with Crippen LogP contribution in [0.4, 0.5) is 4.79 Å². The van der Waals surface area contributed by atoms with Gasteiger partial charge in [0.25, 0.3) is 0 Å². The molecule has 5 nitrogen and oxygen atoms in total. The van der Waals surface area contributed by atoms with E-state index in [9.17, 15) is 4.79 Å². The second-order valence-electron chi connectivity index (χ2n) is 5.06. The number of benzene rings is 1. The molecule has 0 aliphatic heterocycles. The molecule has 0 saturated heterocycles. The van der Waals surface area contributed by atoms with Crippen molar-refractivity contribution in [2.24, 2.45) is 0 Å². The Kier molecular flexibility index (Phi) is 5.37. The van der Waals surface area contributed by atoms with Gasteiger partial charge >= 0.3 is 6.09 Å². The average molecular weight is 288 g/mol. The Balaban J connectivity index is 1.67. The lowest BCUT2D eigenvalue weighted by Gasteiger charge is -2.06. The molecule has 1 heterocycles. The minimum Gasteiger partial charge on any atom is -0.449 e. The number of ether oxygens (including phenoxy) is 1. The predicted octanol–water partition coefficient (Wildman–Crippen LogP) is 3.27. The van der Waals surface area contributed by atoms with Gasteiger partial charge in [-0.1, -0.05) is 44.2 Å². The maximum atomic E-state index is 11.5. The summed E-state index contributed by atoms with van der Waals surface area (Å²) in [4.78, 5) is 15.9. The van der Waals surface area contributed by atoms with Gasteiger partial charge in [0.05, 0.1) is 5.69 Å². The molecule has 0 aliphatic rings. The first kappa shape index (κ1) is 15.1. The Morgan fingerprint density at radius 1 is 1.33 bits per heavy atom. The molecule has 0 atom stereocenters. The number of carbonyl (C=O) groups excluding carboxylic acids is 1. The van der Waals surface area contributed by atoms with Crippen molar-refractivity contribution in [3.8, 4) is 0 Å². The van der Waals surface area contributed by atoms with Crippen LogP contribution >= 0.6 is 0 Å². The van der Waals surface area contributed by atoms with E-state index in [1.165, 1.54) is 0 Å². The Morgan fingerprint density at radius 3 is 2.76 bits per heavy atom. The summed E-state index contributed by atoms with van der Waals surface area (Å²) >= 11 is 0. The van der Waals surface area contributed by atoms with E-state index in [0.29, 0.717) is 24.8 Å². The van der Waals surface area contributed by atoms with Gasteiger partial charge in [-0.2, -0.15) is 0 Å². The molecule has 21 heavy (non-hydrogen) atoms. The molecule has 0 radical (unpaired) electrons. The second kappa shape index (κ2) is 7.47. The van der Waals surface area contributed by atoms with Crippen molar-refractivity contribution in [1.82, 2.24) is 10.3 Å². The first-order chi connectivity index (χ1) is 10.1. The van der Waals surface area contributed by atoms with Gasteiger partial charge in [0, 0.05) is 13.0 Å². The third-order valence-corrected chi connectivity index (χ3v) is 2.98. The number of rotatable bonds is 6. The summed E-state index contributed by atoms with van der Waals surface area (Å²) in [5.41, 5.74) is 1.89. The topological polar surface area (TPSA) is 64.4 Å². The first-order valence-electron chi connectivity index (χ1n) is 7.04. The van der Waals surface area contributed by atoms with Gasteiger partial charge in [-0.05, 0) is 11.5 Å². The Morgan fingerprint density at radius 2 is 2.10 bits per heavy atom. The zero-order chi connectivity index (χ0) is 15.1. The summed E-state index contributed by atoms with van der Waals surface area (Å²) in [6.45, 7) is 4.82. The highest BCUT2D eigenvalue weighted by atomic mass is 16.5. The fourth-order valence-electron chi connectivity index (χ4n) is 1.75. The molecular weight excluding hydrogens is 268 g/mol. The number of nitrogens with one attached hydrogen (secondary N) is 1. The highest BCUT2D eigenvalue weighted by Crippen LogP contribution is 2.13.